The van der Waals surface area contributed by atoms with Gasteiger partial charge >= 0.3 is 0 Å². The van der Waals surface area contributed by atoms with E-state index in [0.717, 1.165) is 33.5 Å². The number of benzene rings is 4. The highest BCUT2D eigenvalue weighted by atomic mass is 16.5. The molecule has 0 unspecified atom stereocenters. The van der Waals surface area contributed by atoms with Gasteiger partial charge in [-0.2, -0.15) is 0 Å². The van der Waals surface area contributed by atoms with Crippen LogP contribution in [0.15, 0.2) is 97.1 Å². The van der Waals surface area contributed by atoms with Crippen molar-refractivity contribution in [2.24, 2.45) is 5.92 Å². The van der Waals surface area contributed by atoms with E-state index >= 15 is 0 Å². The molecule has 4 aromatic carbocycles. The van der Waals surface area contributed by atoms with E-state index in [2.05, 4.69) is 22.4 Å². The highest BCUT2D eigenvalue weighted by Gasteiger charge is 2.70. The fraction of sp³-hybridized carbons (Fsp3) is 0.216. The molecule has 1 N–H and O–H groups in total. The Morgan fingerprint density at radius 3 is 2.19 bits per heavy atom. The molecule has 214 valence electrons. The number of para-hydroxylation sites is 1. The van der Waals surface area contributed by atoms with Crippen LogP contribution in [0.2, 0.25) is 0 Å². The number of carbonyl (C=O) groups is 3. The summed E-state index contributed by atoms with van der Waals surface area (Å²) in [6.07, 6.45) is 2.08. The van der Waals surface area contributed by atoms with Crippen molar-refractivity contribution in [1.29, 1.82) is 0 Å². The summed E-state index contributed by atoms with van der Waals surface area (Å²) in [5, 5.41) is 3.09. The Balaban J connectivity index is 1.54. The van der Waals surface area contributed by atoms with E-state index in [9.17, 15) is 14.4 Å². The fourth-order valence-corrected chi connectivity index (χ4v) is 7.37. The number of methoxy groups -OCH3 is 1. The molecule has 0 aliphatic carbocycles. The lowest BCUT2D eigenvalue weighted by atomic mass is 9.64. The lowest BCUT2D eigenvalue weighted by Crippen LogP contribution is -2.51. The van der Waals surface area contributed by atoms with Crippen LogP contribution >= 0.6 is 0 Å². The van der Waals surface area contributed by atoms with Gasteiger partial charge in [-0.25, -0.2) is 0 Å². The molecule has 0 saturated carbocycles. The van der Waals surface area contributed by atoms with Crippen LogP contribution in [0.1, 0.15) is 49.9 Å². The van der Waals surface area contributed by atoms with Crippen molar-refractivity contribution in [3.8, 4) is 5.75 Å². The summed E-state index contributed by atoms with van der Waals surface area (Å²) < 4.78 is 5.35. The van der Waals surface area contributed by atoms with Crippen LogP contribution in [0.4, 0.5) is 11.4 Å². The number of aryl methyl sites for hydroxylation is 2. The SMILES string of the molecule is COc1ccc(C(=O)[C@@H]2[C@H](C(=O)c3ccc(C)cc3)N3c4ccc(C)cc4C(C)=C[C@H]3[C@]23C(=O)Nc2ccccc23)cc1. The molecule has 3 aliphatic rings. The number of nitrogens with zero attached hydrogens (tertiary/aromatic N) is 1. The summed E-state index contributed by atoms with van der Waals surface area (Å²) >= 11 is 0. The Hall–Kier alpha value is -4.97. The van der Waals surface area contributed by atoms with Crippen LogP contribution in [-0.4, -0.2) is 36.7 Å². The smallest absolute Gasteiger partial charge is 0.238 e. The molecule has 0 radical (unpaired) electrons. The first-order valence-corrected chi connectivity index (χ1v) is 14.5. The molecule has 43 heavy (non-hydrogen) atoms. The van der Waals surface area contributed by atoms with Gasteiger partial charge in [0.2, 0.25) is 5.91 Å². The lowest BCUT2D eigenvalue weighted by molar-refractivity contribution is -0.121. The van der Waals surface area contributed by atoms with Gasteiger partial charge in [0.15, 0.2) is 11.6 Å². The standard InChI is InChI=1S/C37H32N2O4/c1-21-9-12-25(13-10-21)35(41)33-32(34(40)24-14-16-26(43-4)17-15-24)37(28-7-5-6-8-29(28)38-36(37)42)31-20-23(3)27-19-22(2)11-18-30(27)39(31)33/h5-20,31-33H,1-4H3,(H,38,42)/t31-,32-,33+,37-/m0/s1. The van der Waals surface area contributed by atoms with E-state index in [-0.39, 0.29) is 17.5 Å². The molecule has 1 amide bonds. The number of Topliss-reactive ketones (excluding diaryl/α,β-unsaturated/α-hetero) is 2. The molecule has 1 saturated heterocycles. The Morgan fingerprint density at radius 1 is 0.814 bits per heavy atom. The summed E-state index contributed by atoms with van der Waals surface area (Å²) in [4.78, 5) is 46.3. The number of rotatable bonds is 5. The van der Waals surface area contributed by atoms with E-state index in [0.29, 0.717) is 22.6 Å². The molecule has 0 bridgehead atoms. The van der Waals surface area contributed by atoms with Gasteiger partial charge in [-0.05, 0) is 74.4 Å². The Labute approximate surface area is 251 Å². The normalized spacial score (nSPS) is 23.3. The zero-order valence-electron chi connectivity index (χ0n) is 24.5. The molecule has 6 nitrogen and oxygen atoms in total. The predicted molar refractivity (Wildman–Crippen MR) is 168 cm³/mol. The topological polar surface area (TPSA) is 75.7 Å². The highest BCUT2D eigenvalue weighted by molar-refractivity contribution is 6.18. The Kier molecular flexibility index (Phi) is 6.13. The monoisotopic (exact) mass is 568 g/mol. The predicted octanol–water partition coefficient (Wildman–Crippen LogP) is 6.56. The maximum absolute atomic E-state index is 14.9. The average molecular weight is 569 g/mol. The zero-order chi connectivity index (χ0) is 30.0. The second kappa shape index (κ2) is 9.80. The van der Waals surface area contributed by atoms with Crippen LogP contribution in [0, 0.1) is 19.8 Å². The van der Waals surface area contributed by atoms with Gasteiger partial charge < -0.3 is 15.0 Å². The number of ether oxygens (including phenoxy) is 1. The molecule has 4 atom stereocenters. The lowest BCUT2D eigenvalue weighted by Gasteiger charge is -2.39. The average Bonchev–Trinajstić information content (AvgIpc) is 3.49. The van der Waals surface area contributed by atoms with E-state index in [1.54, 1.807) is 31.4 Å². The Morgan fingerprint density at radius 2 is 1.47 bits per heavy atom. The van der Waals surface area contributed by atoms with E-state index in [1.165, 1.54) is 0 Å². The van der Waals surface area contributed by atoms with E-state index in [1.807, 2.05) is 81.4 Å². The number of fused-ring (bicyclic) bond motifs is 6. The summed E-state index contributed by atoms with van der Waals surface area (Å²) in [5.41, 5.74) is 5.97. The maximum atomic E-state index is 14.9. The first-order valence-electron chi connectivity index (χ1n) is 14.5. The van der Waals surface area contributed by atoms with E-state index in [4.69, 9.17) is 4.74 Å². The molecule has 3 heterocycles. The number of nitrogens with one attached hydrogen (secondary N) is 1. The highest BCUT2D eigenvalue weighted by Crippen LogP contribution is 2.59. The molecule has 4 aromatic rings. The van der Waals surface area contributed by atoms with Gasteiger partial charge in [-0.15, -0.1) is 0 Å². The van der Waals surface area contributed by atoms with Gasteiger partial charge in [0.1, 0.15) is 17.2 Å². The van der Waals surface area contributed by atoms with Crippen molar-refractivity contribution >= 4 is 34.4 Å². The minimum Gasteiger partial charge on any atom is -0.497 e. The van der Waals surface area contributed by atoms with Gasteiger partial charge in [0, 0.05) is 28.1 Å². The molecular weight excluding hydrogens is 536 g/mol. The van der Waals surface area contributed by atoms with Gasteiger partial charge in [0.05, 0.1) is 19.1 Å². The fourth-order valence-electron chi connectivity index (χ4n) is 7.37. The van der Waals surface area contributed by atoms with Gasteiger partial charge in [0.25, 0.3) is 0 Å². The number of carbonyl (C=O) groups excluding carboxylic acids is 3. The summed E-state index contributed by atoms with van der Waals surface area (Å²) in [5.74, 6) is -1.11. The second-order valence-corrected chi connectivity index (χ2v) is 11.8. The third-order valence-electron chi connectivity index (χ3n) is 9.39. The van der Waals surface area contributed by atoms with E-state index < -0.39 is 23.4 Å². The molecule has 7 rings (SSSR count). The number of hydrogen-bond acceptors (Lipinski definition) is 5. The maximum Gasteiger partial charge on any atom is 0.238 e. The summed E-state index contributed by atoms with van der Waals surface area (Å²) in [6.45, 7) is 6.05. The summed E-state index contributed by atoms with van der Waals surface area (Å²) in [7, 11) is 1.57. The first-order chi connectivity index (χ1) is 20.7. The largest absolute Gasteiger partial charge is 0.497 e. The van der Waals surface area contributed by atoms with Crippen LogP contribution in [0.5, 0.6) is 5.75 Å². The van der Waals surface area contributed by atoms with Crippen LogP contribution < -0.4 is 15.0 Å². The number of hydrogen-bond donors (Lipinski definition) is 1. The second-order valence-electron chi connectivity index (χ2n) is 11.8. The Bertz CT molecular complexity index is 1840. The zero-order valence-corrected chi connectivity index (χ0v) is 24.5. The third kappa shape index (κ3) is 3.82. The van der Waals surface area contributed by atoms with Crippen molar-refractivity contribution in [2.45, 2.75) is 38.3 Å². The molecule has 6 heteroatoms. The van der Waals surface area contributed by atoms with Crippen molar-refractivity contribution in [3.63, 3.8) is 0 Å². The first kappa shape index (κ1) is 26.9. The van der Waals surface area contributed by atoms with Crippen molar-refractivity contribution in [3.05, 3.63) is 130 Å². The van der Waals surface area contributed by atoms with Gasteiger partial charge in [-0.1, -0.05) is 65.7 Å². The van der Waals surface area contributed by atoms with Crippen LogP contribution in [0.3, 0.4) is 0 Å². The van der Waals surface area contributed by atoms with Crippen molar-refractivity contribution in [1.82, 2.24) is 0 Å². The third-order valence-corrected chi connectivity index (χ3v) is 9.39. The minimum atomic E-state index is -1.34. The number of amides is 1. The summed E-state index contributed by atoms with van der Waals surface area (Å²) in [6, 6.07) is 26.6. The van der Waals surface area contributed by atoms with Crippen molar-refractivity contribution < 1.29 is 19.1 Å². The molecule has 1 fully saturated rings. The number of anilines is 2. The quantitative estimate of drug-likeness (QED) is 0.276. The number of ketones is 2. The van der Waals surface area contributed by atoms with Crippen molar-refractivity contribution in [2.75, 3.05) is 17.3 Å². The molecule has 0 aromatic heterocycles. The molecule has 1 spiro atoms. The number of allylic oxidation sites excluding steroid dienone is 1. The molecule has 3 aliphatic heterocycles. The minimum absolute atomic E-state index is 0.189. The van der Waals surface area contributed by atoms with Gasteiger partial charge in [-0.3, -0.25) is 14.4 Å². The van der Waals surface area contributed by atoms with Crippen LogP contribution in [-0.2, 0) is 10.2 Å². The molecular formula is C37H32N2O4. The van der Waals surface area contributed by atoms with Crippen LogP contribution in [0.25, 0.3) is 5.57 Å².